The Morgan fingerprint density at radius 3 is 3.05 bits per heavy atom. The third kappa shape index (κ3) is 2.79. The number of nitrogens with one attached hydrogen (secondary N) is 1. The molecule has 0 aliphatic carbocycles. The van der Waals surface area contributed by atoms with Gasteiger partial charge in [-0.1, -0.05) is 0 Å². The maximum absolute atomic E-state index is 9.25. The van der Waals surface area contributed by atoms with Crippen molar-refractivity contribution >= 4 is 33.2 Å². The Labute approximate surface area is 125 Å². The second kappa shape index (κ2) is 5.67. The van der Waals surface area contributed by atoms with E-state index in [4.69, 9.17) is 4.42 Å². The van der Waals surface area contributed by atoms with Crippen LogP contribution in [0.4, 0.5) is 6.01 Å². The number of oxazole rings is 1. The second-order valence-electron chi connectivity index (χ2n) is 5.17. The van der Waals surface area contributed by atoms with Crippen LogP contribution >= 0.6 is 15.9 Å². The molecule has 2 aromatic rings. The van der Waals surface area contributed by atoms with Gasteiger partial charge in [-0.2, -0.15) is 4.98 Å². The first-order valence-electron chi connectivity index (χ1n) is 6.66. The number of halogens is 1. The monoisotopic (exact) mass is 340 g/mol. The molecule has 1 aliphatic rings. The van der Waals surface area contributed by atoms with Crippen molar-refractivity contribution in [3.05, 3.63) is 16.7 Å². The molecule has 2 aromatic heterocycles. The summed E-state index contributed by atoms with van der Waals surface area (Å²) in [5.41, 5.74) is 1.27. The van der Waals surface area contributed by atoms with Crippen LogP contribution in [0.15, 0.2) is 21.2 Å². The van der Waals surface area contributed by atoms with Gasteiger partial charge < -0.3 is 14.8 Å². The SMILES string of the molecule is CN1CC(Nc2nc3nc(Br)ccc3o2)CCC1CO. The molecule has 3 rings (SSSR count). The van der Waals surface area contributed by atoms with Gasteiger partial charge in [0.15, 0.2) is 5.58 Å². The molecule has 0 amide bonds. The topological polar surface area (TPSA) is 74.4 Å². The van der Waals surface area contributed by atoms with Crippen molar-refractivity contribution in [1.82, 2.24) is 14.9 Å². The van der Waals surface area contributed by atoms with Crippen molar-refractivity contribution in [1.29, 1.82) is 0 Å². The van der Waals surface area contributed by atoms with Crippen molar-refractivity contribution in [2.24, 2.45) is 0 Å². The summed E-state index contributed by atoms with van der Waals surface area (Å²) >= 11 is 3.32. The fourth-order valence-corrected chi connectivity index (χ4v) is 2.88. The van der Waals surface area contributed by atoms with E-state index in [1.807, 2.05) is 19.2 Å². The van der Waals surface area contributed by atoms with Crippen molar-refractivity contribution in [2.75, 3.05) is 25.5 Å². The molecule has 3 heterocycles. The number of rotatable bonds is 3. The van der Waals surface area contributed by atoms with Crippen LogP contribution in [0, 0.1) is 0 Å². The number of aromatic nitrogens is 2. The third-order valence-corrected chi connectivity index (χ3v) is 4.18. The van der Waals surface area contributed by atoms with E-state index < -0.39 is 0 Å². The molecule has 0 saturated carbocycles. The number of hydrogen-bond donors (Lipinski definition) is 2. The van der Waals surface area contributed by atoms with Crippen LogP contribution in [0.3, 0.4) is 0 Å². The summed E-state index contributed by atoms with van der Waals surface area (Å²) in [6, 6.07) is 4.72. The van der Waals surface area contributed by atoms with Crippen molar-refractivity contribution in [3.63, 3.8) is 0 Å². The number of nitrogens with zero attached hydrogens (tertiary/aromatic N) is 3. The van der Waals surface area contributed by atoms with Gasteiger partial charge in [-0.15, -0.1) is 0 Å². The minimum absolute atomic E-state index is 0.212. The first-order valence-corrected chi connectivity index (χ1v) is 7.45. The molecule has 2 unspecified atom stereocenters. The first-order chi connectivity index (χ1) is 9.65. The van der Waals surface area contributed by atoms with E-state index in [2.05, 4.69) is 36.1 Å². The fourth-order valence-electron chi connectivity index (χ4n) is 2.58. The van der Waals surface area contributed by atoms with E-state index in [1.165, 1.54) is 0 Å². The Balaban J connectivity index is 1.70. The molecule has 0 aromatic carbocycles. The van der Waals surface area contributed by atoms with Crippen molar-refractivity contribution in [2.45, 2.75) is 24.9 Å². The maximum Gasteiger partial charge on any atom is 0.297 e. The lowest BCUT2D eigenvalue weighted by Crippen LogP contribution is -2.47. The summed E-state index contributed by atoms with van der Waals surface area (Å²) in [6.07, 6.45) is 1.96. The number of fused-ring (bicyclic) bond motifs is 1. The summed E-state index contributed by atoms with van der Waals surface area (Å²) in [4.78, 5) is 10.8. The Morgan fingerprint density at radius 2 is 2.30 bits per heavy atom. The standard InChI is InChI=1S/C13H17BrN4O2/c1-18-6-8(2-3-9(18)7-19)15-13-17-12-10(20-13)4-5-11(14)16-12/h4-5,8-9,19H,2-3,6-7H2,1H3,(H,15,16,17). The van der Waals surface area contributed by atoms with Gasteiger partial charge in [-0.25, -0.2) is 4.98 Å². The van der Waals surface area contributed by atoms with Gasteiger partial charge in [0.25, 0.3) is 6.01 Å². The lowest BCUT2D eigenvalue weighted by molar-refractivity contribution is 0.108. The zero-order valence-corrected chi connectivity index (χ0v) is 12.8. The van der Waals surface area contributed by atoms with Crippen molar-refractivity contribution in [3.8, 4) is 0 Å². The number of likely N-dealkylation sites (N-methyl/N-ethyl adjacent to an activating group) is 1. The summed E-state index contributed by atoms with van der Waals surface area (Å²) in [5, 5.41) is 12.6. The van der Waals surface area contributed by atoms with E-state index in [9.17, 15) is 5.11 Å². The van der Waals surface area contributed by atoms with Gasteiger partial charge in [0.1, 0.15) is 4.60 Å². The van der Waals surface area contributed by atoms with Gasteiger partial charge in [-0.05, 0) is 48.0 Å². The number of aliphatic hydroxyl groups is 1. The molecule has 6 nitrogen and oxygen atoms in total. The third-order valence-electron chi connectivity index (χ3n) is 3.74. The smallest absolute Gasteiger partial charge is 0.297 e. The van der Waals surface area contributed by atoms with Crippen LogP contribution in [-0.2, 0) is 0 Å². The molecule has 20 heavy (non-hydrogen) atoms. The Bertz CT molecular complexity index is 603. The van der Waals surface area contributed by atoms with Crippen LogP contribution in [-0.4, -0.2) is 52.3 Å². The maximum atomic E-state index is 9.25. The highest BCUT2D eigenvalue weighted by Crippen LogP contribution is 2.22. The lowest BCUT2D eigenvalue weighted by Gasteiger charge is -2.36. The van der Waals surface area contributed by atoms with E-state index in [1.54, 1.807) is 0 Å². The molecule has 0 radical (unpaired) electrons. The first kappa shape index (κ1) is 13.8. The molecular weight excluding hydrogens is 324 g/mol. The van der Waals surface area contributed by atoms with Crippen LogP contribution in [0.1, 0.15) is 12.8 Å². The Morgan fingerprint density at radius 1 is 1.45 bits per heavy atom. The van der Waals surface area contributed by atoms with E-state index in [0.717, 1.165) is 24.0 Å². The highest BCUT2D eigenvalue weighted by molar-refractivity contribution is 9.10. The minimum atomic E-state index is 0.212. The van der Waals surface area contributed by atoms with Crippen molar-refractivity contribution < 1.29 is 9.52 Å². The largest absolute Gasteiger partial charge is 0.422 e. The minimum Gasteiger partial charge on any atom is -0.422 e. The molecule has 1 saturated heterocycles. The fraction of sp³-hybridized carbons (Fsp3) is 0.538. The van der Waals surface area contributed by atoms with Gasteiger partial charge in [0.05, 0.1) is 6.61 Å². The average Bonchev–Trinajstić information content (AvgIpc) is 2.80. The van der Waals surface area contributed by atoms with Crippen LogP contribution in [0.5, 0.6) is 0 Å². The molecule has 7 heteroatoms. The normalized spacial score (nSPS) is 24.1. The molecule has 2 N–H and O–H groups in total. The van der Waals surface area contributed by atoms with Gasteiger partial charge in [0.2, 0.25) is 5.65 Å². The number of aliphatic hydroxyl groups excluding tert-OH is 1. The van der Waals surface area contributed by atoms with Gasteiger partial charge in [0, 0.05) is 18.6 Å². The quantitative estimate of drug-likeness (QED) is 0.830. The van der Waals surface area contributed by atoms with E-state index >= 15 is 0 Å². The van der Waals surface area contributed by atoms with E-state index in [-0.39, 0.29) is 18.7 Å². The van der Waals surface area contributed by atoms with Gasteiger partial charge >= 0.3 is 0 Å². The number of anilines is 1. The summed E-state index contributed by atoms with van der Waals surface area (Å²) < 4.78 is 6.38. The number of likely N-dealkylation sites (tertiary alicyclic amines) is 1. The molecule has 1 fully saturated rings. The molecule has 0 spiro atoms. The van der Waals surface area contributed by atoms with E-state index in [0.29, 0.717) is 17.2 Å². The average molecular weight is 341 g/mol. The highest BCUT2D eigenvalue weighted by Gasteiger charge is 2.25. The lowest BCUT2D eigenvalue weighted by atomic mass is 10.00. The van der Waals surface area contributed by atoms with Crippen LogP contribution in [0.2, 0.25) is 0 Å². The number of hydrogen-bond acceptors (Lipinski definition) is 6. The summed E-state index contributed by atoms with van der Waals surface area (Å²) in [5.74, 6) is 0. The predicted octanol–water partition coefficient (Wildman–Crippen LogP) is 1.85. The van der Waals surface area contributed by atoms with Crippen LogP contribution < -0.4 is 5.32 Å². The molecule has 108 valence electrons. The van der Waals surface area contributed by atoms with Gasteiger partial charge in [-0.3, -0.25) is 4.90 Å². The summed E-state index contributed by atoms with van der Waals surface area (Å²) in [6.45, 7) is 1.07. The molecular formula is C13H17BrN4O2. The predicted molar refractivity (Wildman–Crippen MR) is 79.7 cm³/mol. The Hall–Kier alpha value is -1.18. The number of piperidine rings is 1. The second-order valence-corrected chi connectivity index (χ2v) is 5.98. The Kier molecular flexibility index (Phi) is 3.91. The summed E-state index contributed by atoms with van der Waals surface area (Å²) in [7, 11) is 2.03. The zero-order chi connectivity index (χ0) is 14.1. The molecule has 1 aliphatic heterocycles. The highest BCUT2D eigenvalue weighted by atomic mass is 79.9. The molecule has 0 bridgehead atoms. The molecule has 2 atom stereocenters. The zero-order valence-electron chi connectivity index (χ0n) is 11.2. The number of pyridine rings is 1. The van der Waals surface area contributed by atoms with Crippen LogP contribution in [0.25, 0.3) is 11.2 Å².